The zero-order valence-corrected chi connectivity index (χ0v) is 12.8. The zero-order chi connectivity index (χ0) is 14.9. The van der Waals surface area contributed by atoms with Crippen molar-refractivity contribution < 1.29 is 4.74 Å². The summed E-state index contributed by atoms with van der Waals surface area (Å²) in [5.74, 6) is 1.78. The van der Waals surface area contributed by atoms with Crippen molar-refractivity contribution in [2.45, 2.75) is 19.4 Å². The Morgan fingerprint density at radius 1 is 1.14 bits per heavy atom. The third-order valence-electron chi connectivity index (χ3n) is 4.39. The van der Waals surface area contributed by atoms with Gasteiger partial charge in [-0.15, -0.1) is 0 Å². The van der Waals surface area contributed by atoms with Crippen molar-refractivity contribution in [2.24, 2.45) is 0 Å². The number of morpholine rings is 1. The van der Waals surface area contributed by atoms with Gasteiger partial charge in [0.15, 0.2) is 0 Å². The molecule has 0 saturated carbocycles. The van der Waals surface area contributed by atoms with Gasteiger partial charge >= 0.3 is 0 Å². The van der Waals surface area contributed by atoms with Crippen LogP contribution in [0, 0.1) is 0 Å². The molecule has 0 spiro atoms. The second kappa shape index (κ2) is 5.57. The first kappa shape index (κ1) is 13.5. The Labute approximate surface area is 130 Å². The van der Waals surface area contributed by atoms with Gasteiger partial charge in [0.05, 0.1) is 13.2 Å². The highest BCUT2D eigenvalue weighted by molar-refractivity contribution is 5.67. The Bertz CT molecular complexity index is 669. The molecule has 1 atom stereocenters. The normalized spacial score (nSPS) is 21.0. The molecule has 1 saturated heterocycles. The Morgan fingerprint density at radius 3 is 2.82 bits per heavy atom. The number of rotatable bonds is 2. The van der Waals surface area contributed by atoms with E-state index in [4.69, 9.17) is 9.72 Å². The van der Waals surface area contributed by atoms with Crippen LogP contribution in [0.5, 0.6) is 0 Å². The lowest BCUT2D eigenvalue weighted by Crippen LogP contribution is -2.37. The van der Waals surface area contributed by atoms with Crippen LogP contribution in [0.25, 0.3) is 0 Å². The largest absolute Gasteiger partial charge is 0.378 e. The summed E-state index contributed by atoms with van der Waals surface area (Å²) in [4.78, 5) is 13.8. The Balaban J connectivity index is 1.68. The monoisotopic (exact) mass is 296 g/mol. The number of nitrogens with zero attached hydrogens (tertiary/aromatic N) is 4. The molecule has 2 aliphatic heterocycles. The predicted octanol–water partition coefficient (Wildman–Crippen LogP) is 2.40. The molecule has 0 amide bonds. The van der Waals surface area contributed by atoms with Crippen LogP contribution in [-0.4, -0.2) is 42.3 Å². The Hall–Kier alpha value is -2.14. The molecule has 114 valence electrons. The summed E-state index contributed by atoms with van der Waals surface area (Å²) in [6.07, 6.45) is 2.90. The number of aromatic nitrogens is 2. The van der Waals surface area contributed by atoms with Crippen molar-refractivity contribution >= 4 is 17.5 Å². The van der Waals surface area contributed by atoms with E-state index in [9.17, 15) is 0 Å². The fraction of sp³-hybridized carbons (Fsp3) is 0.412. The maximum atomic E-state index is 5.42. The molecule has 2 aliphatic rings. The van der Waals surface area contributed by atoms with E-state index in [1.807, 2.05) is 12.3 Å². The average molecular weight is 296 g/mol. The number of para-hydroxylation sites is 1. The highest BCUT2D eigenvalue weighted by atomic mass is 16.5. The number of hydrogen-bond acceptors (Lipinski definition) is 5. The first-order chi connectivity index (χ1) is 10.8. The summed E-state index contributed by atoms with van der Waals surface area (Å²) in [6.45, 7) is 5.54. The van der Waals surface area contributed by atoms with Gasteiger partial charge in [0.2, 0.25) is 5.95 Å². The minimum Gasteiger partial charge on any atom is -0.378 e. The van der Waals surface area contributed by atoms with Crippen molar-refractivity contribution in [1.29, 1.82) is 0 Å². The topological polar surface area (TPSA) is 41.5 Å². The van der Waals surface area contributed by atoms with E-state index in [1.54, 1.807) is 0 Å². The number of anilines is 3. The summed E-state index contributed by atoms with van der Waals surface area (Å²) in [5, 5.41) is 0. The molecule has 2 aromatic rings. The second-order valence-corrected chi connectivity index (χ2v) is 5.87. The van der Waals surface area contributed by atoms with Crippen LogP contribution in [0.3, 0.4) is 0 Å². The molecule has 0 bridgehead atoms. The molecule has 5 nitrogen and oxygen atoms in total. The van der Waals surface area contributed by atoms with Crippen LogP contribution in [0.15, 0.2) is 36.5 Å². The predicted molar refractivity (Wildman–Crippen MR) is 86.8 cm³/mol. The summed E-state index contributed by atoms with van der Waals surface area (Å²) in [7, 11) is 0. The van der Waals surface area contributed by atoms with Crippen molar-refractivity contribution in [3.8, 4) is 0 Å². The lowest BCUT2D eigenvalue weighted by Gasteiger charge is -2.29. The maximum Gasteiger partial charge on any atom is 0.232 e. The third kappa shape index (κ3) is 2.31. The fourth-order valence-corrected chi connectivity index (χ4v) is 3.29. The van der Waals surface area contributed by atoms with Crippen LogP contribution >= 0.6 is 0 Å². The first-order valence-corrected chi connectivity index (χ1v) is 7.86. The molecule has 1 fully saturated rings. The van der Waals surface area contributed by atoms with Crippen LogP contribution in [-0.2, 0) is 11.2 Å². The zero-order valence-electron chi connectivity index (χ0n) is 12.8. The van der Waals surface area contributed by atoms with Gasteiger partial charge in [-0.05, 0) is 31.0 Å². The van der Waals surface area contributed by atoms with E-state index in [0.717, 1.165) is 44.5 Å². The standard InChI is InChI=1S/C17H20N4O/c1-13-12-14-4-2-3-5-15(14)21(13)17-18-7-6-16(19-17)20-8-10-22-11-9-20/h2-7,13H,8-12H2,1H3. The van der Waals surface area contributed by atoms with Crippen molar-refractivity contribution in [1.82, 2.24) is 9.97 Å². The van der Waals surface area contributed by atoms with Crippen LogP contribution < -0.4 is 9.80 Å². The van der Waals surface area contributed by atoms with E-state index in [1.165, 1.54) is 11.3 Å². The molecule has 1 aromatic carbocycles. The van der Waals surface area contributed by atoms with Crippen molar-refractivity contribution in [2.75, 3.05) is 36.1 Å². The van der Waals surface area contributed by atoms with Gasteiger partial charge in [-0.25, -0.2) is 4.98 Å². The minimum atomic E-state index is 0.386. The molecule has 1 unspecified atom stereocenters. The Morgan fingerprint density at radius 2 is 1.95 bits per heavy atom. The lowest BCUT2D eigenvalue weighted by atomic mass is 10.1. The summed E-state index contributed by atoms with van der Waals surface area (Å²) < 4.78 is 5.42. The molecule has 0 radical (unpaired) electrons. The molecule has 4 rings (SSSR count). The van der Waals surface area contributed by atoms with Gasteiger partial charge in [-0.2, -0.15) is 4.98 Å². The van der Waals surface area contributed by atoms with E-state index >= 15 is 0 Å². The molecule has 22 heavy (non-hydrogen) atoms. The van der Waals surface area contributed by atoms with Crippen LogP contribution in [0.4, 0.5) is 17.5 Å². The SMILES string of the molecule is CC1Cc2ccccc2N1c1nccc(N2CCOCC2)n1. The highest BCUT2D eigenvalue weighted by Crippen LogP contribution is 2.36. The molecule has 1 aromatic heterocycles. The molecule has 0 N–H and O–H groups in total. The Kier molecular flexibility index (Phi) is 3.42. The smallest absolute Gasteiger partial charge is 0.232 e. The van der Waals surface area contributed by atoms with E-state index in [0.29, 0.717) is 6.04 Å². The highest BCUT2D eigenvalue weighted by Gasteiger charge is 2.29. The average Bonchev–Trinajstić information content (AvgIpc) is 2.91. The van der Waals surface area contributed by atoms with Gasteiger partial charge < -0.3 is 14.5 Å². The van der Waals surface area contributed by atoms with Gasteiger partial charge in [-0.1, -0.05) is 18.2 Å². The maximum absolute atomic E-state index is 5.42. The molecule has 3 heterocycles. The van der Waals surface area contributed by atoms with Gasteiger partial charge in [0, 0.05) is 31.0 Å². The van der Waals surface area contributed by atoms with E-state index < -0.39 is 0 Å². The number of hydrogen-bond donors (Lipinski definition) is 0. The molecule has 0 aliphatic carbocycles. The summed E-state index contributed by atoms with van der Waals surface area (Å²) >= 11 is 0. The fourth-order valence-electron chi connectivity index (χ4n) is 3.29. The first-order valence-electron chi connectivity index (χ1n) is 7.86. The number of ether oxygens (including phenoxy) is 1. The molecule has 5 heteroatoms. The number of fused-ring (bicyclic) bond motifs is 1. The van der Waals surface area contributed by atoms with Crippen LogP contribution in [0.2, 0.25) is 0 Å². The van der Waals surface area contributed by atoms with E-state index in [-0.39, 0.29) is 0 Å². The second-order valence-electron chi connectivity index (χ2n) is 5.87. The van der Waals surface area contributed by atoms with Crippen molar-refractivity contribution in [3.63, 3.8) is 0 Å². The molecular weight excluding hydrogens is 276 g/mol. The van der Waals surface area contributed by atoms with Crippen molar-refractivity contribution in [3.05, 3.63) is 42.1 Å². The molecular formula is C17H20N4O. The van der Waals surface area contributed by atoms with Gasteiger partial charge in [0.25, 0.3) is 0 Å². The minimum absolute atomic E-state index is 0.386. The van der Waals surface area contributed by atoms with Crippen LogP contribution in [0.1, 0.15) is 12.5 Å². The quantitative estimate of drug-likeness (QED) is 0.851. The third-order valence-corrected chi connectivity index (χ3v) is 4.39. The number of benzene rings is 1. The van der Waals surface area contributed by atoms with Gasteiger partial charge in [0.1, 0.15) is 5.82 Å². The lowest BCUT2D eigenvalue weighted by molar-refractivity contribution is 0.122. The summed E-state index contributed by atoms with van der Waals surface area (Å²) in [5.41, 5.74) is 2.60. The van der Waals surface area contributed by atoms with Gasteiger partial charge in [-0.3, -0.25) is 0 Å². The van der Waals surface area contributed by atoms with E-state index in [2.05, 4.69) is 46.0 Å². The summed E-state index contributed by atoms with van der Waals surface area (Å²) in [6, 6.07) is 10.9.